The van der Waals surface area contributed by atoms with Gasteiger partial charge in [0.25, 0.3) is 0 Å². The van der Waals surface area contributed by atoms with Gasteiger partial charge in [-0.1, -0.05) is 61.4 Å². The maximum atomic E-state index is 12.4. The molecule has 35 heavy (non-hydrogen) atoms. The summed E-state index contributed by atoms with van der Waals surface area (Å²) in [5, 5.41) is 15.1. The number of carbonyl (C=O) groups excluding carboxylic acids is 2. The lowest BCUT2D eigenvalue weighted by Gasteiger charge is -2.28. The molecule has 186 valence electrons. The first kappa shape index (κ1) is 24.8. The van der Waals surface area contributed by atoms with Gasteiger partial charge < -0.3 is 20.5 Å². The summed E-state index contributed by atoms with van der Waals surface area (Å²) in [4.78, 5) is 36.1. The molecule has 2 aromatic rings. The van der Waals surface area contributed by atoms with Crippen LogP contribution in [-0.4, -0.2) is 42.3 Å². The highest BCUT2D eigenvalue weighted by Gasteiger charge is 2.31. The molecular formula is C28H34N2O5. The summed E-state index contributed by atoms with van der Waals surface area (Å²) in [6, 6.07) is 16.2. The van der Waals surface area contributed by atoms with Gasteiger partial charge in [0.2, 0.25) is 5.91 Å². The number of rotatable bonds is 9. The van der Waals surface area contributed by atoms with Crippen LogP contribution in [0.3, 0.4) is 0 Å². The summed E-state index contributed by atoms with van der Waals surface area (Å²) >= 11 is 0. The molecule has 2 amide bonds. The van der Waals surface area contributed by atoms with E-state index in [4.69, 9.17) is 4.74 Å². The normalized spacial score (nSPS) is 19.8. The summed E-state index contributed by atoms with van der Waals surface area (Å²) in [7, 11) is 0. The molecule has 0 aromatic heterocycles. The second-order valence-corrected chi connectivity index (χ2v) is 9.70. The molecule has 2 aliphatic rings. The minimum Gasteiger partial charge on any atom is -0.481 e. The Balaban J connectivity index is 1.20. The monoisotopic (exact) mass is 478 g/mol. The van der Waals surface area contributed by atoms with Gasteiger partial charge in [0.05, 0.1) is 5.92 Å². The molecular weight excluding hydrogens is 444 g/mol. The Morgan fingerprint density at radius 1 is 1.00 bits per heavy atom. The van der Waals surface area contributed by atoms with Gasteiger partial charge in [-0.25, -0.2) is 4.79 Å². The standard InChI is InChI=1S/C28H34N2O5/c1-18(14-15-26(31)29-16-19-8-2-3-9-20(19)27(32)33)30-28(34)35-17-25-23-12-6-4-10-21(23)22-11-5-7-13-24(22)25/h4-7,10-13,18-20,25H,2-3,8-9,14-17H2,1H3,(H,29,31)(H,30,34)(H,32,33)/t18?,19-,20-/m1/s1. The van der Waals surface area contributed by atoms with Gasteiger partial charge in [-0.2, -0.15) is 0 Å². The Morgan fingerprint density at radius 2 is 1.63 bits per heavy atom. The van der Waals surface area contributed by atoms with Gasteiger partial charge in [-0.3, -0.25) is 9.59 Å². The Hall–Kier alpha value is -3.35. The highest BCUT2D eigenvalue weighted by atomic mass is 16.5. The molecule has 4 rings (SSSR count). The van der Waals surface area contributed by atoms with E-state index in [0.29, 0.717) is 19.4 Å². The Bertz CT molecular complexity index is 1020. The van der Waals surface area contributed by atoms with Crippen molar-refractivity contribution < 1.29 is 24.2 Å². The number of benzene rings is 2. The molecule has 1 saturated carbocycles. The van der Waals surface area contributed by atoms with Crippen molar-refractivity contribution in [2.45, 2.75) is 57.4 Å². The molecule has 3 N–H and O–H groups in total. The van der Waals surface area contributed by atoms with E-state index in [0.717, 1.165) is 30.4 Å². The van der Waals surface area contributed by atoms with Crippen LogP contribution in [0.4, 0.5) is 4.79 Å². The molecule has 1 unspecified atom stereocenters. The van der Waals surface area contributed by atoms with Crippen LogP contribution in [0.1, 0.15) is 62.5 Å². The number of nitrogens with one attached hydrogen (secondary N) is 2. The van der Waals surface area contributed by atoms with Crippen LogP contribution in [0.25, 0.3) is 11.1 Å². The molecule has 0 bridgehead atoms. The molecule has 0 spiro atoms. The largest absolute Gasteiger partial charge is 0.481 e. The summed E-state index contributed by atoms with van der Waals surface area (Å²) < 4.78 is 5.57. The van der Waals surface area contributed by atoms with Crippen molar-refractivity contribution in [3.05, 3.63) is 59.7 Å². The molecule has 0 radical (unpaired) electrons. The van der Waals surface area contributed by atoms with Crippen molar-refractivity contribution in [3.8, 4) is 11.1 Å². The average molecular weight is 479 g/mol. The minimum absolute atomic E-state index is 0.00338. The number of carboxylic acids is 1. The number of hydrogen-bond acceptors (Lipinski definition) is 4. The van der Waals surface area contributed by atoms with Crippen molar-refractivity contribution >= 4 is 18.0 Å². The SMILES string of the molecule is CC(CCC(=O)NC[C@H]1CCCC[C@H]1C(=O)O)NC(=O)OCC1c2ccccc2-c2ccccc21. The second kappa shape index (κ2) is 11.4. The second-order valence-electron chi connectivity index (χ2n) is 9.70. The third-order valence-corrected chi connectivity index (χ3v) is 7.30. The van der Waals surface area contributed by atoms with E-state index in [-0.39, 0.29) is 42.7 Å². The van der Waals surface area contributed by atoms with E-state index in [1.165, 1.54) is 11.1 Å². The third-order valence-electron chi connectivity index (χ3n) is 7.30. The molecule has 2 aliphatic carbocycles. The smallest absolute Gasteiger partial charge is 0.407 e. The predicted molar refractivity (Wildman–Crippen MR) is 133 cm³/mol. The number of carboxylic acid groups (broad SMARTS) is 1. The maximum Gasteiger partial charge on any atom is 0.407 e. The topological polar surface area (TPSA) is 105 Å². The number of alkyl carbamates (subject to hydrolysis) is 1. The van der Waals surface area contributed by atoms with Crippen LogP contribution in [0, 0.1) is 11.8 Å². The number of fused-ring (bicyclic) bond motifs is 3. The fourth-order valence-corrected chi connectivity index (χ4v) is 5.37. The Morgan fingerprint density at radius 3 is 2.29 bits per heavy atom. The van der Waals surface area contributed by atoms with Gasteiger partial charge >= 0.3 is 12.1 Å². The van der Waals surface area contributed by atoms with E-state index in [1.807, 2.05) is 31.2 Å². The lowest BCUT2D eigenvalue weighted by Crippen LogP contribution is -2.38. The fourth-order valence-electron chi connectivity index (χ4n) is 5.37. The average Bonchev–Trinajstić information content (AvgIpc) is 3.19. The minimum atomic E-state index is -0.773. The van der Waals surface area contributed by atoms with Crippen LogP contribution in [-0.2, 0) is 14.3 Å². The van der Waals surface area contributed by atoms with Crippen LogP contribution >= 0.6 is 0 Å². The van der Waals surface area contributed by atoms with Crippen molar-refractivity contribution in [1.82, 2.24) is 10.6 Å². The number of aliphatic carboxylic acids is 1. The first-order chi connectivity index (χ1) is 16.9. The maximum absolute atomic E-state index is 12.4. The quantitative estimate of drug-likeness (QED) is 0.485. The van der Waals surface area contributed by atoms with E-state index >= 15 is 0 Å². The highest BCUT2D eigenvalue weighted by Crippen LogP contribution is 2.44. The number of hydrogen-bond donors (Lipinski definition) is 3. The fraction of sp³-hybridized carbons (Fsp3) is 0.464. The zero-order chi connectivity index (χ0) is 24.8. The summed E-state index contributed by atoms with van der Waals surface area (Å²) in [5.41, 5.74) is 4.68. The Kier molecular flexibility index (Phi) is 8.06. The first-order valence-electron chi connectivity index (χ1n) is 12.5. The van der Waals surface area contributed by atoms with Crippen LogP contribution in [0.15, 0.2) is 48.5 Å². The number of ether oxygens (including phenoxy) is 1. The molecule has 1 fully saturated rings. The summed E-state index contributed by atoms with van der Waals surface area (Å²) in [5.74, 6) is -1.28. The Labute approximate surface area is 206 Å². The first-order valence-corrected chi connectivity index (χ1v) is 12.5. The molecule has 0 heterocycles. The lowest BCUT2D eigenvalue weighted by molar-refractivity contribution is -0.145. The lowest BCUT2D eigenvalue weighted by atomic mass is 9.79. The zero-order valence-corrected chi connectivity index (χ0v) is 20.2. The molecule has 7 heteroatoms. The highest BCUT2D eigenvalue weighted by molar-refractivity contribution is 5.79. The molecule has 3 atom stereocenters. The van der Waals surface area contributed by atoms with Crippen LogP contribution < -0.4 is 10.6 Å². The van der Waals surface area contributed by atoms with Gasteiger partial charge in [0, 0.05) is 24.9 Å². The van der Waals surface area contributed by atoms with Crippen LogP contribution in [0.5, 0.6) is 0 Å². The summed E-state index contributed by atoms with van der Waals surface area (Å²) in [6.45, 7) is 2.49. The van der Waals surface area contributed by atoms with Crippen molar-refractivity contribution in [1.29, 1.82) is 0 Å². The van der Waals surface area contributed by atoms with E-state index in [1.54, 1.807) is 0 Å². The molecule has 0 aliphatic heterocycles. The molecule has 7 nitrogen and oxygen atoms in total. The van der Waals surface area contributed by atoms with Crippen molar-refractivity contribution in [3.63, 3.8) is 0 Å². The van der Waals surface area contributed by atoms with Gasteiger partial charge in [-0.05, 0) is 54.4 Å². The van der Waals surface area contributed by atoms with E-state index < -0.39 is 12.1 Å². The van der Waals surface area contributed by atoms with Crippen molar-refractivity contribution in [2.75, 3.05) is 13.2 Å². The molecule has 2 aromatic carbocycles. The summed E-state index contributed by atoms with van der Waals surface area (Å²) in [6.07, 6.45) is 3.68. The third kappa shape index (κ3) is 6.02. The number of carbonyl (C=O) groups is 3. The van der Waals surface area contributed by atoms with Crippen LogP contribution in [0.2, 0.25) is 0 Å². The van der Waals surface area contributed by atoms with E-state index in [2.05, 4.69) is 34.9 Å². The zero-order valence-electron chi connectivity index (χ0n) is 20.2. The predicted octanol–water partition coefficient (Wildman–Crippen LogP) is 4.70. The molecule has 0 saturated heterocycles. The van der Waals surface area contributed by atoms with E-state index in [9.17, 15) is 19.5 Å². The van der Waals surface area contributed by atoms with Gasteiger partial charge in [0.1, 0.15) is 6.61 Å². The van der Waals surface area contributed by atoms with Crippen molar-refractivity contribution in [2.24, 2.45) is 11.8 Å². The van der Waals surface area contributed by atoms with Gasteiger partial charge in [0.15, 0.2) is 0 Å². The van der Waals surface area contributed by atoms with Gasteiger partial charge in [-0.15, -0.1) is 0 Å². The number of amides is 2.